The van der Waals surface area contributed by atoms with Crippen molar-refractivity contribution in [1.82, 2.24) is 0 Å². The molecule has 0 aromatic heterocycles. The fourth-order valence-corrected chi connectivity index (χ4v) is 1.88. The maximum atomic E-state index is 11.6. The van der Waals surface area contributed by atoms with E-state index in [2.05, 4.69) is 0 Å². The summed E-state index contributed by atoms with van der Waals surface area (Å²) in [6.07, 6.45) is 4.09. The Balaban J connectivity index is 2.39. The van der Waals surface area contributed by atoms with Gasteiger partial charge in [0.2, 0.25) is 0 Å². The first-order chi connectivity index (χ1) is 5.61. The van der Waals surface area contributed by atoms with Crippen molar-refractivity contribution in [3.8, 4) is 0 Å². The van der Waals surface area contributed by atoms with Gasteiger partial charge in [-0.25, -0.2) is 0 Å². The average Bonchev–Trinajstić information content (AvgIpc) is 2.04. The van der Waals surface area contributed by atoms with Gasteiger partial charge in [-0.15, -0.1) is 0 Å². The summed E-state index contributed by atoms with van der Waals surface area (Å²) in [4.78, 5) is 11.6. The van der Waals surface area contributed by atoms with Crippen LogP contribution in [-0.2, 0) is 4.79 Å². The summed E-state index contributed by atoms with van der Waals surface area (Å²) in [6.45, 7) is 3.97. The minimum absolute atomic E-state index is 0.198. The Hall–Kier alpha value is -0.370. The van der Waals surface area contributed by atoms with Crippen LogP contribution in [0.3, 0.4) is 0 Å². The highest BCUT2D eigenvalue weighted by molar-refractivity contribution is 5.82. The molecule has 0 aliphatic heterocycles. The molecule has 0 saturated heterocycles. The Labute approximate surface area is 74.5 Å². The molecule has 0 spiro atoms. The van der Waals surface area contributed by atoms with Gasteiger partial charge >= 0.3 is 0 Å². The van der Waals surface area contributed by atoms with Gasteiger partial charge in [0.1, 0.15) is 5.78 Å². The van der Waals surface area contributed by atoms with E-state index in [9.17, 15) is 4.79 Å². The SMILES string of the molecule is CC(C)C(=O)C1CCC(N)CC1. The second-order valence-corrected chi connectivity index (χ2v) is 4.17. The molecule has 0 unspecified atom stereocenters. The number of Topliss-reactive ketones (excluding diaryl/α,β-unsaturated/α-hetero) is 1. The first-order valence-electron chi connectivity index (χ1n) is 4.90. The van der Waals surface area contributed by atoms with Gasteiger partial charge in [0.05, 0.1) is 0 Å². The smallest absolute Gasteiger partial charge is 0.138 e. The lowest BCUT2D eigenvalue weighted by atomic mass is 9.81. The lowest BCUT2D eigenvalue weighted by Crippen LogP contribution is -2.31. The number of carbonyl (C=O) groups excluding carboxylic acids is 1. The molecule has 0 radical (unpaired) electrons. The predicted octanol–water partition coefficient (Wildman–Crippen LogP) is 1.73. The highest BCUT2D eigenvalue weighted by atomic mass is 16.1. The van der Waals surface area contributed by atoms with E-state index in [0.29, 0.717) is 17.7 Å². The van der Waals surface area contributed by atoms with Crippen LogP contribution >= 0.6 is 0 Å². The van der Waals surface area contributed by atoms with Crippen molar-refractivity contribution in [2.75, 3.05) is 0 Å². The molecule has 0 atom stereocenters. The van der Waals surface area contributed by atoms with E-state index < -0.39 is 0 Å². The van der Waals surface area contributed by atoms with E-state index in [1.54, 1.807) is 0 Å². The molecule has 1 aliphatic carbocycles. The Bertz CT molecular complexity index is 157. The van der Waals surface area contributed by atoms with E-state index in [4.69, 9.17) is 5.73 Å². The zero-order valence-electron chi connectivity index (χ0n) is 8.05. The van der Waals surface area contributed by atoms with Crippen LogP contribution in [0.2, 0.25) is 0 Å². The van der Waals surface area contributed by atoms with Gasteiger partial charge in [0.25, 0.3) is 0 Å². The highest BCUT2D eigenvalue weighted by Crippen LogP contribution is 2.25. The maximum Gasteiger partial charge on any atom is 0.138 e. The predicted molar refractivity (Wildman–Crippen MR) is 49.8 cm³/mol. The van der Waals surface area contributed by atoms with Crippen LogP contribution in [-0.4, -0.2) is 11.8 Å². The lowest BCUT2D eigenvalue weighted by Gasteiger charge is -2.26. The molecule has 2 nitrogen and oxygen atoms in total. The van der Waals surface area contributed by atoms with Crippen LogP contribution in [0.25, 0.3) is 0 Å². The van der Waals surface area contributed by atoms with E-state index >= 15 is 0 Å². The van der Waals surface area contributed by atoms with Crippen LogP contribution in [0.1, 0.15) is 39.5 Å². The van der Waals surface area contributed by atoms with Crippen LogP contribution in [0.4, 0.5) is 0 Å². The number of rotatable bonds is 2. The Morgan fingerprint density at radius 1 is 1.25 bits per heavy atom. The molecule has 0 heterocycles. The van der Waals surface area contributed by atoms with Gasteiger partial charge in [0, 0.05) is 17.9 Å². The third-order valence-corrected chi connectivity index (χ3v) is 2.74. The summed E-state index contributed by atoms with van der Waals surface area (Å²) < 4.78 is 0. The van der Waals surface area contributed by atoms with Crippen LogP contribution in [0, 0.1) is 11.8 Å². The molecule has 12 heavy (non-hydrogen) atoms. The molecule has 1 rings (SSSR count). The van der Waals surface area contributed by atoms with E-state index in [1.165, 1.54) is 0 Å². The summed E-state index contributed by atoms with van der Waals surface area (Å²) in [5.41, 5.74) is 5.76. The zero-order valence-corrected chi connectivity index (χ0v) is 8.05. The average molecular weight is 169 g/mol. The maximum absolute atomic E-state index is 11.6. The van der Waals surface area contributed by atoms with Gasteiger partial charge in [-0.2, -0.15) is 0 Å². The van der Waals surface area contributed by atoms with Crippen molar-refractivity contribution in [2.45, 2.75) is 45.6 Å². The van der Waals surface area contributed by atoms with Crippen molar-refractivity contribution in [3.05, 3.63) is 0 Å². The molecule has 0 aromatic carbocycles. The molecule has 1 saturated carbocycles. The molecule has 1 fully saturated rings. The molecule has 2 N–H and O–H groups in total. The van der Waals surface area contributed by atoms with Crippen LogP contribution in [0.15, 0.2) is 0 Å². The van der Waals surface area contributed by atoms with Gasteiger partial charge in [-0.1, -0.05) is 13.8 Å². The molecule has 0 bridgehead atoms. The highest BCUT2D eigenvalue weighted by Gasteiger charge is 2.25. The largest absolute Gasteiger partial charge is 0.328 e. The van der Waals surface area contributed by atoms with E-state index in [-0.39, 0.29) is 5.92 Å². The van der Waals surface area contributed by atoms with Crippen LogP contribution < -0.4 is 5.73 Å². The lowest BCUT2D eigenvalue weighted by molar-refractivity contribution is -0.126. The van der Waals surface area contributed by atoms with Gasteiger partial charge < -0.3 is 5.73 Å². The van der Waals surface area contributed by atoms with Crippen LogP contribution in [0.5, 0.6) is 0 Å². The second-order valence-electron chi connectivity index (χ2n) is 4.17. The molecule has 1 aliphatic rings. The molecule has 70 valence electrons. The van der Waals surface area contributed by atoms with Gasteiger partial charge in [-0.05, 0) is 25.7 Å². The van der Waals surface area contributed by atoms with Crippen molar-refractivity contribution >= 4 is 5.78 Å². The first kappa shape index (κ1) is 9.72. The Morgan fingerprint density at radius 3 is 2.17 bits per heavy atom. The van der Waals surface area contributed by atoms with E-state index in [0.717, 1.165) is 25.7 Å². The molecule has 0 aromatic rings. The number of hydrogen-bond donors (Lipinski definition) is 1. The topological polar surface area (TPSA) is 43.1 Å². The number of carbonyl (C=O) groups is 1. The van der Waals surface area contributed by atoms with Gasteiger partial charge in [-0.3, -0.25) is 4.79 Å². The number of hydrogen-bond acceptors (Lipinski definition) is 2. The summed E-state index contributed by atoms with van der Waals surface area (Å²) in [5, 5.41) is 0. The van der Waals surface area contributed by atoms with E-state index in [1.807, 2.05) is 13.8 Å². The quantitative estimate of drug-likeness (QED) is 0.684. The summed E-state index contributed by atoms with van der Waals surface area (Å²) >= 11 is 0. The Morgan fingerprint density at radius 2 is 1.75 bits per heavy atom. The molecular formula is C10H19NO. The summed E-state index contributed by atoms with van der Waals surface area (Å²) in [5.74, 6) is 0.941. The molecular weight excluding hydrogens is 150 g/mol. The van der Waals surface area contributed by atoms with Crippen molar-refractivity contribution < 1.29 is 4.79 Å². The monoisotopic (exact) mass is 169 g/mol. The molecule has 2 heteroatoms. The van der Waals surface area contributed by atoms with Crippen molar-refractivity contribution in [2.24, 2.45) is 17.6 Å². The first-order valence-corrected chi connectivity index (χ1v) is 4.90. The standard InChI is InChI=1S/C10H19NO/c1-7(2)10(12)8-3-5-9(11)6-4-8/h7-9H,3-6,11H2,1-2H3. The Kier molecular flexibility index (Phi) is 3.27. The fraction of sp³-hybridized carbons (Fsp3) is 0.900. The summed E-state index contributed by atoms with van der Waals surface area (Å²) in [7, 11) is 0. The second kappa shape index (κ2) is 4.04. The third kappa shape index (κ3) is 2.31. The minimum Gasteiger partial charge on any atom is -0.328 e. The van der Waals surface area contributed by atoms with Crippen molar-refractivity contribution in [3.63, 3.8) is 0 Å². The zero-order chi connectivity index (χ0) is 9.14. The fourth-order valence-electron chi connectivity index (χ4n) is 1.88. The third-order valence-electron chi connectivity index (χ3n) is 2.74. The minimum atomic E-state index is 0.198. The van der Waals surface area contributed by atoms with Gasteiger partial charge in [0.15, 0.2) is 0 Å². The summed E-state index contributed by atoms with van der Waals surface area (Å²) in [6, 6.07) is 0.348. The normalized spacial score (nSPS) is 30.7. The number of nitrogens with two attached hydrogens (primary N) is 1. The molecule has 0 amide bonds. The number of ketones is 1. The van der Waals surface area contributed by atoms with Crippen molar-refractivity contribution in [1.29, 1.82) is 0 Å².